The fraction of sp³-hybridized carbons (Fsp3) is 0.278. The summed E-state index contributed by atoms with van der Waals surface area (Å²) in [4.78, 5) is 0. The molecule has 0 fully saturated rings. The lowest BCUT2D eigenvalue weighted by Gasteiger charge is -2.08. The van der Waals surface area contributed by atoms with E-state index in [9.17, 15) is 0 Å². The Bertz CT molecular complexity index is 656. The highest BCUT2D eigenvalue weighted by Crippen LogP contribution is 2.26. The minimum Gasteiger partial charge on any atom is -0.493 e. The van der Waals surface area contributed by atoms with E-state index in [1.54, 1.807) is 0 Å². The Morgan fingerprint density at radius 2 is 1.90 bits per heavy atom. The summed E-state index contributed by atoms with van der Waals surface area (Å²) in [6, 6.07) is 16.2. The Labute approximate surface area is 124 Å². The fourth-order valence-electron chi connectivity index (χ4n) is 2.48. The molecular formula is C18H17NO2. The van der Waals surface area contributed by atoms with Gasteiger partial charge < -0.3 is 9.47 Å². The minimum absolute atomic E-state index is 0.442. The maximum Gasteiger partial charge on any atom is 0.122 e. The van der Waals surface area contributed by atoms with Gasteiger partial charge in [0.05, 0.1) is 25.7 Å². The van der Waals surface area contributed by atoms with Crippen LogP contribution < -0.4 is 9.47 Å². The van der Waals surface area contributed by atoms with Crippen molar-refractivity contribution >= 4 is 0 Å². The van der Waals surface area contributed by atoms with Crippen LogP contribution in [-0.4, -0.2) is 13.2 Å². The molecule has 0 unspecified atom stereocenters. The zero-order valence-electron chi connectivity index (χ0n) is 11.8. The molecule has 0 atom stereocenters. The van der Waals surface area contributed by atoms with E-state index in [2.05, 4.69) is 18.2 Å². The Kier molecular flexibility index (Phi) is 4.07. The Morgan fingerprint density at radius 3 is 2.71 bits per heavy atom. The van der Waals surface area contributed by atoms with Crippen molar-refractivity contribution in [3.63, 3.8) is 0 Å². The first-order chi connectivity index (χ1) is 10.3. The number of ether oxygens (including phenoxy) is 2. The molecule has 21 heavy (non-hydrogen) atoms. The molecule has 0 N–H and O–H groups in total. The van der Waals surface area contributed by atoms with Crippen molar-refractivity contribution in [2.24, 2.45) is 0 Å². The van der Waals surface area contributed by atoms with Crippen molar-refractivity contribution in [3.8, 4) is 17.6 Å². The predicted molar refractivity (Wildman–Crippen MR) is 80.6 cm³/mol. The maximum atomic E-state index is 8.63. The van der Waals surface area contributed by atoms with Gasteiger partial charge in [-0.1, -0.05) is 24.3 Å². The molecule has 106 valence electrons. The molecule has 3 heteroatoms. The van der Waals surface area contributed by atoms with Crippen LogP contribution in [0, 0.1) is 11.3 Å². The molecule has 0 saturated heterocycles. The van der Waals surface area contributed by atoms with Crippen LogP contribution in [0.5, 0.6) is 11.5 Å². The van der Waals surface area contributed by atoms with Crippen LogP contribution in [-0.2, 0) is 19.3 Å². The van der Waals surface area contributed by atoms with Crippen molar-refractivity contribution in [2.45, 2.75) is 19.3 Å². The highest BCUT2D eigenvalue weighted by Gasteiger charge is 2.11. The van der Waals surface area contributed by atoms with Gasteiger partial charge in [0.15, 0.2) is 0 Å². The van der Waals surface area contributed by atoms with Crippen molar-refractivity contribution in [1.29, 1.82) is 5.26 Å². The molecule has 1 aliphatic heterocycles. The van der Waals surface area contributed by atoms with Crippen LogP contribution in [0.1, 0.15) is 16.7 Å². The number of nitriles is 1. The first-order valence-corrected chi connectivity index (χ1v) is 7.18. The molecule has 1 aliphatic rings. The van der Waals surface area contributed by atoms with E-state index in [1.165, 1.54) is 11.1 Å². The highest BCUT2D eigenvalue weighted by atomic mass is 16.5. The van der Waals surface area contributed by atoms with Gasteiger partial charge in [-0.3, -0.25) is 0 Å². The minimum atomic E-state index is 0.442. The van der Waals surface area contributed by atoms with Crippen molar-refractivity contribution in [3.05, 3.63) is 59.2 Å². The third-order valence-corrected chi connectivity index (χ3v) is 3.62. The predicted octanol–water partition coefficient (Wildman–Crippen LogP) is 3.31. The van der Waals surface area contributed by atoms with Crippen LogP contribution in [0.3, 0.4) is 0 Å². The van der Waals surface area contributed by atoms with Gasteiger partial charge in [-0.2, -0.15) is 5.26 Å². The van der Waals surface area contributed by atoms with Gasteiger partial charge in [-0.15, -0.1) is 0 Å². The lowest BCUT2D eigenvalue weighted by Crippen LogP contribution is -2.01. The quantitative estimate of drug-likeness (QED) is 0.843. The average molecular weight is 279 g/mol. The van der Waals surface area contributed by atoms with Crippen molar-refractivity contribution in [2.75, 3.05) is 13.2 Å². The van der Waals surface area contributed by atoms with E-state index in [4.69, 9.17) is 14.7 Å². The molecule has 1 heterocycles. The largest absolute Gasteiger partial charge is 0.493 e. The summed E-state index contributed by atoms with van der Waals surface area (Å²) in [5.41, 5.74) is 3.59. The molecule has 0 saturated carbocycles. The summed E-state index contributed by atoms with van der Waals surface area (Å²) in [5.74, 6) is 1.87. The van der Waals surface area contributed by atoms with Crippen LogP contribution in [0.2, 0.25) is 0 Å². The summed E-state index contributed by atoms with van der Waals surface area (Å²) in [6.45, 7) is 1.45. The van der Waals surface area contributed by atoms with Crippen LogP contribution in [0.4, 0.5) is 0 Å². The van der Waals surface area contributed by atoms with E-state index in [0.717, 1.165) is 36.5 Å². The third kappa shape index (κ3) is 3.35. The monoisotopic (exact) mass is 279 g/mol. The lowest BCUT2D eigenvalue weighted by atomic mass is 10.1. The van der Waals surface area contributed by atoms with Crippen LogP contribution in [0.25, 0.3) is 0 Å². The van der Waals surface area contributed by atoms with E-state index in [0.29, 0.717) is 13.0 Å². The highest BCUT2D eigenvalue weighted by molar-refractivity contribution is 5.39. The van der Waals surface area contributed by atoms with Crippen LogP contribution in [0.15, 0.2) is 42.5 Å². The Balaban J connectivity index is 1.53. The van der Waals surface area contributed by atoms with Crippen molar-refractivity contribution < 1.29 is 9.47 Å². The first-order valence-electron chi connectivity index (χ1n) is 7.18. The van der Waals surface area contributed by atoms with Gasteiger partial charge in [0, 0.05) is 12.8 Å². The molecule has 0 spiro atoms. The molecule has 0 bridgehead atoms. The molecule has 3 nitrogen and oxygen atoms in total. The molecule has 0 amide bonds. The number of hydrogen-bond donors (Lipinski definition) is 0. The normalized spacial score (nSPS) is 12.3. The molecule has 3 rings (SSSR count). The van der Waals surface area contributed by atoms with Crippen molar-refractivity contribution in [1.82, 2.24) is 0 Å². The summed E-state index contributed by atoms with van der Waals surface area (Å²) in [7, 11) is 0. The van der Waals surface area contributed by atoms with Gasteiger partial charge in [0.25, 0.3) is 0 Å². The van der Waals surface area contributed by atoms with Gasteiger partial charge in [-0.25, -0.2) is 0 Å². The first kappa shape index (κ1) is 13.5. The number of nitrogens with zero attached hydrogens (tertiary/aromatic N) is 1. The van der Waals surface area contributed by atoms with Gasteiger partial charge in [-0.05, 0) is 34.9 Å². The Morgan fingerprint density at radius 1 is 1.10 bits per heavy atom. The molecule has 0 radical (unpaired) electrons. The van der Waals surface area contributed by atoms with Gasteiger partial charge in [0.2, 0.25) is 0 Å². The second-order valence-corrected chi connectivity index (χ2v) is 5.12. The molecule has 0 aromatic heterocycles. The SMILES string of the molecule is N#CCc1ccc(OCCc2ccc3c(c2)CCO3)cc1. The van der Waals surface area contributed by atoms with Crippen LogP contribution >= 0.6 is 0 Å². The third-order valence-electron chi connectivity index (χ3n) is 3.62. The smallest absolute Gasteiger partial charge is 0.122 e. The zero-order valence-corrected chi connectivity index (χ0v) is 11.8. The standard InChI is InChI=1S/C18H17NO2/c19-10-7-14-1-4-17(5-2-14)20-11-8-15-3-6-18-16(13-15)9-12-21-18/h1-6,13H,7-9,11-12H2. The van der Waals surface area contributed by atoms with E-state index in [-0.39, 0.29) is 0 Å². The molecular weight excluding hydrogens is 262 g/mol. The topological polar surface area (TPSA) is 42.2 Å². The average Bonchev–Trinajstić information content (AvgIpc) is 2.97. The summed E-state index contributed by atoms with van der Waals surface area (Å²) in [5, 5.41) is 8.63. The van der Waals surface area contributed by atoms with Gasteiger partial charge >= 0.3 is 0 Å². The van der Waals surface area contributed by atoms with E-state index < -0.39 is 0 Å². The molecule has 0 aliphatic carbocycles. The number of hydrogen-bond acceptors (Lipinski definition) is 3. The van der Waals surface area contributed by atoms with E-state index in [1.807, 2.05) is 30.3 Å². The summed E-state index contributed by atoms with van der Waals surface area (Å²) < 4.78 is 11.3. The lowest BCUT2D eigenvalue weighted by molar-refractivity contribution is 0.322. The second kappa shape index (κ2) is 6.32. The fourth-order valence-corrected chi connectivity index (χ4v) is 2.48. The summed E-state index contributed by atoms with van der Waals surface area (Å²) in [6.07, 6.45) is 2.33. The number of rotatable bonds is 5. The maximum absolute atomic E-state index is 8.63. The number of benzene rings is 2. The molecule has 2 aromatic rings. The zero-order chi connectivity index (χ0) is 14.5. The van der Waals surface area contributed by atoms with Gasteiger partial charge in [0.1, 0.15) is 11.5 Å². The summed E-state index contributed by atoms with van der Waals surface area (Å²) >= 11 is 0. The van der Waals surface area contributed by atoms with E-state index >= 15 is 0 Å². The second-order valence-electron chi connectivity index (χ2n) is 5.12. The Hall–Kier alpha value is -2.47. The molecule has 2 aromatic carbocycles. The number of fused-ring (bicyclic) bond motifs is 1.